The van der Waals surface area contributed by atoms with Crippen LogP contribution in [0.2, 0.25) is 0 Å². The van der Waals surface area contributed by atoms with Crippen molar-refractivity contribution in [3.05, 3.63) is 48.0 Å². The summed E-state index contributed by atoms with van der Waals surface area (Å²) >= 11 is 0. The minimum atomic E-state index is -1.05. The molecule has 4 N–H and O–H groups in total. The summed E-state index contributed by atoms with van der Waals surface area (Å²) in [7, 11) is 0. The van der Waals surface area contributed by atoms with Gasteiger partial charge < -0.3 is 21.1 Å². The molecule has 0 radical (unpaired) electrons. The second-order valence-corrected chi connectivity index (χ2v) is 11.8. The number of hydrogen-bond acceptors (Lipinski definition) is 6. The van der Waals surface area contributed by atoms with Gasteiger partial charge in [0.05, 0.1) is 12.1 Å². The van der Waals surface area contributed by atoms with Crippen molar-refractivity contribution >= 4 is 40.9 Å². The van der Waals surface area contributed by atoms with Crippen molar-refractivity contribution in [2.45, 2.75) is 72.1 Å². The van der Waals surface area contributed by atoms with E-state index in [-0.39, 0.29) is 31.3 Å². The molecule has 1 aliphatic heterocycles. The van der Waals surface area contributed by atoms with Gasteiger partial charge in [-0.25, -0.2) is 0 Å². The van der Waals surface area contributed by atoms with Crippen LogP contribution in [-0.2, 0) is 20.8 Å². The zero-order valence-corrected chi connectivity index (χ0v) is 24.6. The van der Waals surface area contributed by atoms with E-state index in [9.17, 15) is 19.5 Å². The molecule has 9 heteroatoms. The van der Waals surface area contributed by atoms with Gasteiger partial charge in [-0.15, -0.1) is 12.4 Å². The number of imide groups is 1. The fraction of sp³-hybridized carbons (Fsp3) is 0.567. The van der Waals surface area contributed by atoms with Crippen molar-refractivity contribution < 1.29 is 19.5 Å². The fourth-order valence-electron chi connectivity index (χ4n) is 4.66. The normalized spacial score (nSPS) is 16.9. The lowest BCUT2D eigenvalue weighted by atomic mass is 9.91. The molecule has 2 aromatic carbocycles. The molecule has 216 valence electrons. The third kappa shape index (κ3) is 9.28. The van der Waals surface area contributed by atoms with Crippen LogP contribution in [0.15, 0.2) is 42.5 Å². The summed E-state index contributed by atoms with van der Waals surface area (Å²) in [6.07, 6.45) is 0.846. The Bertz CT molecular complexity index is 1110. The molecule has 0 bridgehead atoms. The summed E-state index contributed by atoms with van der Waals surface area (Å²) in [5.41, 5.74) is -0.0157. The first-order chi connectivity index (χ1) is 18.0. The number of halogens is 1. The van der Waals surface area contributed by atoms with E-state index < -0.39 is 35.4 Å². The predicted octanol–water partition coefficient (Wildman–Crippen LogP) is 3.05. The van der Waals surface area contributed by atoms with E-state index in [0.29, 0.717) is 25.4 Å². The Morgan fingerprint density at radius 3 is 2.36 bits per heavy atom. The first-order valence-corrected chi connectivity index (χ1v) is 13.7. The summed E-state index contributed by atoms with van der Waals surface area (Å²) in [5.74, 6) is -0.779. The molecule has 1 fully saturated rings. The summed E-state index contributed by atoms with van der Waals surface area (Å²) in [5, 5.41) is 21.7. The highest BCUT2D eigenvalue weighted by Gasteiger charge is 2.42. The summed E-state index contributed by atoms with van der Waals surface area (Å²) in [6, 6.07) is 12.3. The molecule has 39 heavy (non-hydrogen) atoms. The molecule has 1 unspecified atom stereocenters. The van der Waals surface area contributed by atoms with Crippen molar-refractivity contribution in [3.63, 3.8) is 0 Å². The summed E-state index contributed by atoms with van der Waals surface area (Å²) < 4.78 is 0. The van der Waals surface area contributed by atoms with Crippen LogP contribution < -0.4 is 16.0 Å². The lowest BCUT2D eigenvalue weighted by molar-refractivity contribution is -0.157. The number of aliphatic hydroxyl groups excluding tert-OH is 1. The minimum Gasteiger partial charge on any atom is -0.390 e. The summed E-state index contributed by atoms with van der Waals surface area (Å²) in [4.78, 5) is 42.3. The highest BCUT2D eigenvalue weighted by atomic mass is 35.5. The van der Waals surface area contributed by atoms with E-state index >= 15 is 0 Å². The molecule has 0 aliphatic carbocycles. The van der Waals surface area contributed by atoms with Crippen molar-refractivity contribution in [2.24, 2.45) is 11.3 Å². The van der Waals surface area contributed by atoms with Crippen molar-refractivity contribution in [1.82, 2.24) is 20.9 Å². The van der Waals surface area contributed by atoms with Gasteiger partial charge in [0, 0.05) is 24.9 Å². The molecule has 1 aliphatic rings. The number of aliphatic hydroxyl groups is 1. The topological polar surface area (TPSA) is 111 Å². The average Bonchev–Trinajstić information content (AvgIpc) is 3.41. The fourth-order valence-corrected chi connectivity index (χ4v) is 4.66. The Kier molecular flexibility index (Phi) is 12.4. The maximum absolute atomic E-state index is 13.7. The Morgan fingerprint density at radius 2 is 1.74 bits per heavy atom. The van der Waals surface area contributed by atoms with Gasteiger partial charge in [-0.2, -0.15) is 0 Å². The largest absolute Gasteiger partial charge is 0.390 e. The Balaban J connectivity index is 0.00000533. The highest BCUT2D eigenvalue weighted by Crippen LogP contribution is 2.25. The second-order valence-electron chi connectivity index (χ2n) is 11.8. The number of rotatable bonds is 11. The molecular weight excluding hydrogens is 516 g/mol. The van der Waals surface area contributed by atoms with Crippen LogP contribution >= 0.6 is 12.4 Å². The van der Waals surface area contributed by atoms with E-state index in [0.717, 1.165) is 29.3 Å². The average molecular weight is 561 g/mol. The van der Waals surface area contributed by atoms with E-state index in [2.05, 4.69) is 29.8 Å². The number of carbonyl (C=O) groups is 3. The van der Waals surface area contributed by atoms with Gasteiger partial charge in [-0.1, -0.05) is 77.1 Å². The first kappa shape index (κ1) is 32.7. The van der Waals surface area contributed by atoms with E-state index in [4.69, 9.17) is 0 Å². The van der Waals surface area contributed by atoms with Crippen LogP contribution in [-0.4, -0.2) is 72.1 Å². The van der Waals surface area contributed by atoms with E-state index in [1.165, 1.54) is 4.90 Å². The minimum absolute atomic E-state index is 0. The van der Waals surface area contributed by atoms with Crippen molar-refractivity contribution in [2.75, 3.05) is 26.2 Å². The molecule has 3 atom stereocenters. The standard InChI is InChI=1S/C30H44N4O4.ClH/c1-20(2)17-31-18-24(35)19-33-27(36)26(16-21-12-13-22-9-6-7-10-23(22)15-21)34(29(38)30(3,4)5)28(37)25-11-8-14-32-25;/h6-7,9-10,12-13,15,20,24-26,31-32,35H,8,11,14,16-19H2,1-5H3,(H,33,36);1H/t24?,25-,26+;/m0./s1. The molecule has 1 heterocycles. The molecule has 2 aromatic rings. The summed E-state index contributed by atoms with van der Waals surface area (Å²) in [6.45, 7) is 11.2. The Labute approximate surface area is 238 Å². The highest BCUT2D eigenvalue weighted by molar-refractivity contribution is 6.04. The van der Waals surface area contributed by atoms with Gasteiger partial charge in [0.2, 0.25) is 17.7 Å². The smallest absolute Gasteiger partial charge is 0.247 e. The lowest BCUT2D eigenvalue weighted by Gasteiger charge is -2.35. The van der Waals surface area contributed by atoms with Gasteiger partial charge in [-0.05, 0) is 48.2 Å². The quantitative estimate of drug-likeness (QED) is 0.336. The molecular formula is C30H45ClN4O4. The zero-order chi connectivity index (χ0) is 27.9. The molecule has 0 saturated carbocycles. The number of hydrogen-bond donors (Lipinski definition) is 4. The van der Waals surface area contributed by atoms with Gasteiger partial charge in [-0.3, -0.25) is 19.3 Å². The van der Waals surface area contributed by atoms with Gasteiger partial charge in [0.15, 0.2) is 0 Å². The van der Waals surface area contributed by atoms with Crippen LogP contribution in [0.1, 0.15) is 53.0 Å². The number of nitrogens with one attached hydrogen (secondary N) is 3. The van der Waals surface area contributed by atoms with E-state index in [1.807, 2.05) is 42.5 Å². The third-order valence-corrected chi connectivity index (χ3v) is 6.76. The Morgan fingerprint density at radius 1 is 1.05 bits per heavy atom. The Hall–Kier alpha value is -2.52. The van der Waals surface area contributed by atoms with Gasteiger partial charge in [0.25, 0.3) is 0 Å². The molecule has 0 aromatic heterocycles. The maximum Gasteiger partial charge on any atom is 0.247 e. The molecule has 3 rings (SSSR count). The third-order valence-electron chi connectivity index (χ3n) is 6.76. The van der Waals surface area contributed by atoms with Crippen LogP contribution in [0, 0.1) is 11.3 Å². The van der Waals surface area contributed by atoms with Crippen molar-refractivity contribution in [3.8, 4) is 0 Å². The number of carbonyl (C=O) groups excluding carboxylic acids is 3. The second kappa shape index (κ2) is 14.7. The SMILES string of the molecule is CC(C)CNCC(O)CNC(=O)[C@@H](Cc1ccc2ccccc2c1)N(C(=O)[C@@H]1CCCN1)C(=O)C(C)(C)C.Cl. The monoisotopic (exact) mass is 560 g/mol. The van der Waals surface area contributed by atoms with E-state index in [1.54, 1.807) is 20.8 Å². The van der Waals surface area contributed by atoms with Gasteiger partial charge >= 0.3 is 0 Å². The number of fused-ring (bicyclic) bond motifs is 1. The zero-order valence-electron chi connectivity index (χ0n) is 23.8. The van der Waals surface area contributed by atoms with Crippen LogP contribution in [0.25, 0.3) is 10.8 Å². The van der Waals surface area contributed by atoms with Crippen molar-refractivity contribution in [1.29, 1.82) is 0 Å². The van der Waals surface area contributed by atoms with Gasteiger partial charge in [0.1, 0.15) is 6.04 Å². The molecule has 3 amide bonds. The number of amides is 3. The van der Waals surface area contributed by atoms with Crippen LogP contribution in [0.4, 0.5) is 0 Å². The molecule has 8 nitrogen and oxygen atoms in total. The molecule has 1 saturated heterocycles. The van der Waals surface area contributed by atoms with Crippen LogP contribution in [0.5, 0.6) is 0 Å². The number of benzene rings is 2. The molecule has 0 spiro atoms. The first-order valence-electron chi connectivity index (χ1n) is 13.7. The predicted molar refractivity (Wildman–Crippen MR) is 158 cm³/mol. The maximum atomic E-state index is 13.7. The van der Waals surface area contributed by atoms with Crippen LogP contribution in [0.3, 0.4) is 0 Å². The number of nitrogens with zero attached hydrogens (tertiary/aromatic N) is 1. The lowest BCUT2D eigenvalue weighted by Crippen LogP contribution is -2.60.